The van der Waals surface area contributed by atoms with Crippen molar-refractivity contribution in [2.45, 2.75) is 33.5 Å². The van der Waals surface area contributed by atoms with Crippen LogP contribution < -0.4 is 10.1 Å². The lowest BCUT2D eigenvalue weighted by molar-refractivity contribution is 0.0923. The van der Waals surface area contributed by atoms with Crippen molar-refractivity contribution in [1.82, 2.24) is 10.3 Å². The Morgan fingerprint density at radius 3 is 2.86 bits per heavy atom. The summed E-state index contributed by atoms with van der Waals surface area (Å²) in [6, 6.07) is 6.82. The topological polar surface area (TPSA) is 84.6 Å². The Labute approximate surface area is 129 Å². The van der Waals surface area contributed by atoms with Gasteiger partial charge in [0.15, 0.2) is 6.61 Å². The summed E-state index contributed by atoms with van der Waals surface area (Å²) in [5.41, 5.74) is 1.31. The molecule has 6 heteroatoms. The average Bonchev–Trinajstić information content (AvgIpc) is 2.81. The number of oxazole rings is 1. The first-order valence-corrected chi connectivity index (χ1v) is 7.07. The average molecular weight is 304 g/mol. The van der Waals surface area contributed by atoms with Gasteiger partial charge in [-0.15, -0.1) is 0 Å². The highest BCUT2D eigenvalue weighted by Crippen LogP contribution is 2.16. The molecule has 0 saturated carbocycles. The van der Waals surface area contributed by atoms with Crippen LogP contribution in [-0.2, 0) is 6.61 Å². The van der Waals surface area contributed by atoms with Gasteiger partial charge in [-0.05, 0) is 39.0 Å². The smallest absolute Gasteiger partial charge is 0.251 e. The van der Waals surface area contributed by atoms with E-state index in [1.54, 1.807) is 31.2 Å². The minimum atomic E-state index is -0.583. The molecule has 6 nitrogen and oxygen atoms in total. The fourth-order valence-electron chi connectivity index (χ4n) is 1.82. The lowest BCUT2D eigenvalue weighted by atomic mass is 10.2. The molecule has 0 aliphatic rings. The van der Waals surface area contributed by atoms with Gasteiger partial charge >= 0.3 is 0 Å². The summed E-state index contributed by atoms with van der Waals surface area (Å²) in [7, 11) is 0. The molecule has 1 amide bonds. The Kier molecular flexibility index (Phi) is 5.16. The molecule has 2 aromatic rings. The summed E-state index contributed by atoms with van der Waals surface area (Å²) in [5, 5.41) is 11.8. The van der Waals surface area contributed by atoms with Crippen LogP contribution in [0.5, 0.6) is 5.75 Å². The Morgan fingerprint density at radius 2 is 2.23 bits per heavy atom. The van der Waals surface area contributed by atoms with Crippen molar-refractivity contribution in [3.8, 4) is 5.75 Å². The Bertz CT molecular complexity index is 630. The summed E-state index contributed by atoms with van der Waals surface area (Å²) < 4.78 is 11.0. The number of amides is 1. The largest absolute Gasteiger partial charge is 0.484 e. The maximum absolute atomic E-state index is 11.9. The molecule has 0 radical (unpaired) electrons. The fourth-order valence-corrected chi connectivity index (χ4v) is 1.82. The van der Waals surface area contributed by atoms with Gasteiger partial charge in [0.2, 0.25) is 5.89 Å². The number of carbonyl (C=O) groups is 1. The molecule has 1 aromatic carbocycles. The van der Waals surface area contributed by atoms with Gasteiger partial charge in [-0.2, -0.15) is 0 Å². The molecular weight excluding hydrogens is 284 g/mol. The molecule has 0 saturated heterocycles. The normalized spacial score (nSPS) is 12.0. The van der Waals surface area contributed by atoms with Gasteiger partial charge < -0.3 is 19.6 Å². The van der Waals surface area contributed by atoms with E-state index in [4.69, 9.17) is 9.15 Å². The number of aliphatic hydroxyl groups excluding tert-OH is 1. The number of carbonyl (C=O) groups excluding carboxylic acids is 1. The number of aryl methyl sites for hydroxylation is 2. The molecule has 0 aliphatic carbocycles. The second kappa shape index (κ2) is 7.09. The van der Waals surface area contributed by atoms with Crippen LogP contribution in [0.25, 0.3) is 0 Å². The molecule has 0 fully saturated rings. The first kappa shape index (κ1) is 16.0. The number of benzene rings is 1. The zero-order valence-corrected chi connectivity index (χ0v) is 12.9. The molecule has 118 valence electrons. The monoisotopic (exact) mass is 304 g/mol. The van der Waals surface area contributed by atoms with Crippen LogP contribution in [0.15, 0.2) is 28.7 Å². The molecule has 0 unspecified atom stereocenters. The van der Waals surface area contributed by atoms with Crippen LogP contribution in [0, 0.1) is 13.8 Å². The molecule has 2 N–H and O–H groups in total. The minimum Gasteiger partial charge on any atom is -0.484 e. The number of ether oxygens (including phenoxy) is 1. The van der Waals surface area contributed by atoms with Gasteiger partial charge in [0.1, 0.15) is 11.5 Å². The number of aromatic nitrogens is 1. The Hall–Kier alpha value is -2.34. The molecule has 0 spiro atoms. The van der Waals surface area contributed by atoms with Crippen molar-refractivity contribution in [2.75, 3.05) is 6.54 Å². The van der Waals surface area contributed by atoms with Crippen molar-refractivity contribution in [1.29, 1.82) is 0 Å². The maximum atomic E-state index is 11.9. The highest BCUT2D eigenvalue weighted by Gasteiger charge is 2.09. The van der Waals surface area contributed by atoms with E-state index in [0.29, 0.717) is 17.2 Å². The number of nitrogens with one attached hydrogen (secondary N) is 1. The van der Waals surface area contributed by atoms with Crippen LogP contribution in [0.2, 0.25) is 0 Å². The van der Waals surface area contributed by atoms with Gasteiger partial charge in [0, 0.05) is 12.1 Å². The van der Waals surface area contributed by atoms with Crippen molar-refractivity contribution in [3.63, 3.8) is 0 Å². The summed E-state index contributed by atoms with van der Waals surface area (Å²) in [6.45, 7) is 5.74. The molecule has 1 aromatic heterocycles. The minimum absolute atomic E-state index is 0.202. The zero-order valence-electron chi connectivity index (χ0n) is 12.9. The third-order valence-electron chi connectivity index (χ3n) is 3.09. The van der Waals surface area contributed by atoms with Crippen molar-refractivity contribution in [3.05, 3.63) is 47.2 Å². The first-order chi connectivity index (χ1) is 10.5. The highest BCUT2D eigenvalue weighted by atomic mass is 16.5. The lowest BCUT2D eigenvalue weighted by Gasteiger charge is -2.09. The van der Waals surface area contributed by atoms with Gasteiger partial charge in [-0.3, -0.25) is 4.79 Å². The summed E-state index contributed by atoms with van der Waals surface area (Å²) >= 11 is 0. The summed E-state index contributed by atoms with van der Waals surface area (Å²) in [4.78, 5) is 16.1. The third-order valence-corrected chi connectivity index (χ3v) is 3.09. The molecule has 2 rings (SSSR count). The van der Waals surface area contributed by atoms with Gasteiger partial charge in [0.25, 0.3) is 5.91 Å². The maximum Gasteiger partial charge on any atom is 0.251 e. The summed E-state index contributed by atoms with van der Waals surface area (Å²) in [5.74, 6) is 1.57. The second-order valence-corrected chi connectivity index (χ2v) is 5.12. The number of hydrogen-bond acceptors (Lipinski definition) is 5. The highest BCUT2D eigenvalue weighted by molar-refractivity contribution is 5.94. The standard InChI is InChI=1S/C16H20N2O4/c1-10(19)8-17-16(20)13-5-4-6-14(7-13)21-9-15-18-11(2)12(3)22-15/h4-7,10,19H,8-9H2,1-3H3,(H,17,20)/t10-/m1/s1. The lowest BCUT2D eigenvalue weighted by Crippen LogP contribution is -2.30. The Morgan fingerprint density at radius 1 is 1.45 bits per heavy atom. The number of rotatable bonds is 6. The number of aliphatic hydroxyl groups is 1. The van der Waals surface area contributed by atoms with E-state index in [0.717, 1.165) is 11.5 Å². The van der Waals surface area contributed by atoms with Crippen LogP contribution in [0.4, 0.5) is 0 Å². The van der Waals surface area contributed by atoms with Crippen LogP contribution in [0.1, 0.15) is 34.6 Å². The van der Waals surface area contributed by atoms with Crippen LogP contribution >= 0.6 is 0 Å². The predicted octanol–water partition coefficient (Wildman–Crippen LogP) is 1.98. The van der Waals surface area contributed by atoms with E-state index in [1.807, 2.05) is 13.8 Å². The van der Waals surface area contributed by atoms with Crippen LogP contribution in [0.3, 0.4) is 0 Å². The first-order valence-electron chi connectivity index (χ1n) is 7.07. The second-order valence-electron chi connectivity index (χ2n) is 5.12. The van der Waals surface area contributed by atoms with E-state index >= 15 is 0 Å². The van der Waals surface area contributed by atoms with E-state index in [-0.39, 0.29) is 19.1 Å². The SMILES string of the molecule is Cc1nc(COc2cccc(C(=O)NC[C@@H](C)O)c2)oc1C. The van der Waals surface area contributed by atoms with Gasteiger partial charge in [-0.1, -0.05) is 6.07 Å². The van der Waals surface area contributed by atoms with E-state index in [1.165, 1.54) is 0 Å². The van der Waals surface area contributed by atoms with Crippen LogP contribution in [-0.4, -0.2) is 28.6 Å². The molecular formula is C16H20N2O4. The van der Waals surface area contributed by atoms with Gasteiger partial charge in [0.05, 0.1) is 11.8 Å². The van der Waals surface area contributed by atoms with E-state index in [9.17, 15) is 9.90 Å². The van der Waals surface area contributed by atoms with E-state index < -0.39 is 6.10 Å². The molecule has 22 heavy (non-hydrogen) atoms. The van der Waals surface area contributed by atoms with Gasteiger partial charge in [-0.25, -0.2) is 4.98 Å². The fraction of sp³-hybridized carbons (Fsp3) is 0.375. The molecule has 1 atom stereocenters. The van der Waals surface area contributed by atoms with Crippen molar-refractivity contribution < 1.29 is 19.1 Å². The molecule has 0 aliphatic heterocycles. The Balaban J connectivity index is 1.97. The zero-order chi connectivity index (χ0) is 16.1. The predicted molar refractivity (Wildman–Crippen MR) is 80.8 cm³/mol. The summed E-state index contributed by atoms with van der Waals surface area (Å²) in [6.07, 6.45) is -0.583. The molecule has 1 heterocycles. The number of nitrogens with zero attached hydrogens (tertiary/aromatic N) is 1. The van der Waals surface area contributed by atoms with E-state index in [2.05, 4.69) is 10.3 Å². The van der Waals surface area contributed by atoms with Crippen molar-refractivity contribution in [2.24, 2.45) is 0 Å². The molecule has 0 bridgehead atoms. The number of hydrogen-bond donors (Lipinski definition) is 2. The third kappa shape index (κ3) is 4.33. The van der Waals surface area contributed by atoms with Crippen molar-refractivity contribution >= 4 is 5.91 Å². The quantitative estimate of drug-likeness (QED) is 0.852.